The van der Waals surface area contributed by atoms with Gasteiger partial charge in [-0.25, -0.2) is 14.2 Å². The number of hydrogen-bond donors (Lipinski definition) is 0. The fourth-order valence-corrected chi connectivity index (χ4v) is 1.59. The normalized spacial score (nSPS) is 16.9. The highest BCUT2D eigenvalue weighted by Crippen LogP contribution is 2.18. The summed E-state index contributed by atoms with van der Waals surface area (Å²) >= 11 is 0. The maximum absolute atomic E-state index is 11.2. The van der Waals surface area contributed by atoms with Crippen LogP contribution in [0.3, 0.4) is 0 Å². The third-order valence-corrected chi connectivity index (χ3v) is 3.96. The molecule has 0 spiro atoms. The van der Waals surface area contributed by atoms with Gasteiger partial charge in [-0.05, 0) is 27.7 Å². The van der Waals surface area contributed by atoms with Crippen LogP contribution in [0, 0.1) is 0 Å². The minimum absolute atomic E-state index is 0.797. The first-order valence-electron chi connectivity index (χ1n) is 3.14. The van der Waals surface area contributed by atoms with E-state index in [1.807, 2.05) is 0 Å². The van der Waals surface area contributed by atoms with Gasteiger partial charge < -0.3 is 0 Å². The van der Waals surface area contributed by atoms with Crippen LogP contribution in [0.4, 0.5) is 0 Å². The zero-order valence-corrected chi connectivity index (χ0v) is 7.62. The second-order valence-electron chi connectivity index (χ2n) is 3.30. The first-order chi connectivity index (χ1) is 4.19. The minimum atomic E-state index is -3.25. The molecule has 1 N–H and O–H groups in total. The van der Waals surface area contributed by atoms with Gasteiger partial charge in [0.1, 0.15) is 5.37 Å². The van der Waals surface area contributed by atoms with Crippen LogP contribution in [0.5, 0.6) is 0 Å². The van der Waals surface area contributed by atoms with Gasteiger partial charge in [0, 0.05) is 0 Å². The molecule has 10 heavy (non-hydrogen) atoms. The smallest absolute Gasteiger partial charge is 0.171 e. The van der Waals surface area contributed by atoms with Crippen LogP contribution in [0.25, 0.3) is 0 Å². The van der Waals surface area contributed by atoms with E-state index in [0.717, 1.165) is 0 Å². The minimum Gasteiger partial charge on any atom is -0.239 e. The maximum atomic E-state index is 11.2. The van der Waals surface area contributed by atoms with Gasteiger partial charge in [-0.2, -0.15) is 0 Å². The molecule has 0 rings (SSSR count). The third-order valence-electron chi connectivity index (χ3n) is 1.32. The summed E-state index contributed by atoms with van der Waals surface area (Å²) in [5.74, 6) is 0. The maximum Gasteiger partial charge on any atom is 0.171 e. The van der Waals surface area contributed by atoms with Gasteiger partial charge in [-0.1, -0.05) is 0 Å². The predicted molar refractivity (Wildman–Crippen MR) is 41.2 cm³/mol. The molecule has 0 saturated carbocycles. The SMILES string of the molecule is CC([NH])S(=O)(=O)C(C)(C)C. The van der Waals surface area contributed by atoms with Gasteiger partial charge in [0.2, 0.25) is 0 Å². The molecule has 1 atom stereocenters. The van der Waals surface area contributed by atoms with Crippen LogP contribution < -0.4 is 5.73 Å². The summed E-state index contributed by atoms with van der Waals surface area (Å²) in [6.07, 6.45) is 0. The summed E-state index contributed by atoms with van der Waals surface area (Å²) in [7, 11) is -3.25. The van der Waals surface area contributed by atoms with Crippen molar-refractivity contribution in [3.8, 4) is 0 Å². The largest absolute Gasteiger partial charge is 0.239 e. The van der Waals surface area contributed by atoms with E-state index in [1.54, 1.807) is 20.8 Å². The van der Waals surface area contributed by atoms with Crippen molar-refractivity contribution >= 4 is 9.84 Å². The van der Waals surface area contributed by atoms with E-state index in [-0.39, 0.29) is 0 Å². The number of rotatable bonds is 1. The van der Waals surface area contributed by atoms with Gasteiger partial charge in [-0.15, -0.1) is 0 Å². The number of sulfone groups is 1. The number of hydrogen-bond acceptors (Lipinski definition) is 2. The van der Waals surface area contributed by atoms with Crippen molar-refractivity contribution in [2.75, 3.05) is 0 Å². The fourth-order valence-electron chi connectivity index (χ4n) is 0.530. The zero-order chi connectivity index (χ0) is 8.58. The molecular formula is C6H14NO2S. The third kappa shape index (κ3) is 1.70. The van der Waals surface area contributed by atoms with Crippen molar-refractivity contribution in [1.82, 2.24) is 5.73 Å². The van der Waals surface area contributed by atoms with Crippen LogP contribution in [-0.4, -0.2) is 18.5 Å². The topological polar surface area (TPSA) is 57.9 Å². The van der Waals surface area contributed by atoms with Crippen LogP contribution in [0.15, 0.2) is 0 Å². The first-order valence-corrected chi connectivity index (χ1v) is 4.69. The van der Waals surface area contributed by atoms with Crippen LogP contribution in [0.1, 0.15) is 27.7 Å². The Labute approximate surface area is 62.5 Å². The highest BCUT2D eigenvalue weighted by molar-refractivity contribution is 7.93. The van der Waals surface area contributed by atoms with Crippen LogP contribution >= 0.6 is 0 Å². The molecule has 4 heteroatoms. The monoisotopic (exact) mass is 164 g/mol. The molecule has 0 fully saturated rings. The molecule has 0 aromatic heterocycles. The standard InChI is InChI=1S/C6H14NO2S/c1-5(7)10(8,9)6(2,3)4/h5,7H,1-4H3. The molecule has 0 saturated heterocycles. The summed E-state index contributed by atoms with van der Waals surface area (Å²) in [4.78, 5) is 0. The van der Waals surface area contributed by atoms with E-state index in [4.69, 9.17) is 5.73 Å². The summed E-state index contributed by atoms with van der Waals surface area (Å²) < 4.78 is 21.5. The second kappa shape index (κ2) is 2.51. The molecule has 0 aliphatic rings. The Hall–Kier alpha value is -0.0900. The Bertz CT molecular complexity index is 198. The Balaban J connectivity index is 4.79. The van der Waals surface area contributed by atoms with Crippen molar-refractivity contribution in [1.29, 1.82) is 0 Å². The van der Waals surface area contributed by atoms with E-state index in [1.165, 1.54) is 6.92 Å². The Morgan fingerprint density at radius 2 is 1.60 bits per heavy atom. The highest BCUT2D eigenvalue weighted by atomic mass is 32.2. The van der Waals surface area contributed by atoms with Crippen molar-refractivity contribution in [3.05, 3.63) is 0 Å². The number of nitrogens with one attached hydrogen (secondary N) is 1. The van der Waals surface area contributed by atoms with E-state index in [2.05, 4.69) is 0 Å². The lowest BCUT2D eigenvalue weighted by Gasteiger charge is -2.20. The average molecular weight is 164 g/mol. The lowest BCUT2D eigenvalue weighted by Crippen LogP contribution is -2.36. The quantitative estimate of drug-likeness (QED) is 0.576. The van der Waals surface area contributed by atoms with E-state index in [9.17, 15) is 8.42 Å². The van der Waals surface area contributed by atoms with Crippen LogP contribution in [-0.2, 0) is 9.84 Å². The summed E-state index contributed by atoms with van der Waals surface area (Å²) in [5, 5.41) is -1.02. The van der Waals surface area contributed by atoms with Gasteiger partial charge in [0.25, 0.3) is 0 Å². The molecule has 0 aliphatic carbocycles. The molecule has 0 amide bonds. The van der Waals surface area contributed by atoms with E-state index in [0.29, 0.717) is 0 Å². The molecule has 0 heterocycles. The molecule has 0 aromatic rings. The highest BCUT2D eigenvalue weighted by Gasteiger charge is 2.32. The molecule has 0 aromatic carbocycles. The van der Waals surface area contributed by atoms with Crippen LogP contribution in [0.2, 0.25) is 0 Å². The first kappa shape index (κ1) is 9.91. The van der Waals surface area contributed by atoms with E-state index >= 15 is 0 Å². The van der Waals surface area contributed by atoms with Gasteiger partial charge in [-0.3, -0.25) is 0 Å². The average Bonchev–Trinajstić information content (AvgIpc) is 1.62. The lowest BCUT2D eigenvalue weighted by atomic mass is 10.3. The van der Waals surface area contributed by atoms with Gasteiger partial charge in [0.15, 0.2) is 9.84 Å². The molecule has 1 unspecified atom stereocenters. The van der Waals surface area contributed by atoms with Crippen molar-refractivity contribution in [2.45, 2.75) is 37.8 Å². The van der Waals surface area contributed by atoms with E-state index < -0.39 is 20.0 Å². The lowest BCUT2D eigenvalue weighted by molar-refractivity contribution is 0.547. The van der Waals surface area contributed by atoms with Crippen molar-refractivity contribution < 1.29 is 8.42 Å². The van der Waals surface area contributed by atoms with Crippen molar-refractivity contribution in [3.63, 3.8) is 0 Å². The zero-order valence-electron chi connectivity index (χ0n) is 6.80. The fraction of sp³-hybridized carbons (Fsp3) is 1.00. The van der Waals surface area contributed by atoms with Gasteiger partial charge >= 0.3 is 0 Å². The predicted octanol–water partition coefficient (Wildman–Crippen LogP) is 0.829. The molecular weight excluding hydrogens is 150 g/mol. The molecule has 1 radical (unpaired) electrons. The summed E-state index contributed by atoms with van der Waals surface area (Å²) in [6.45, 7) is 6.19. The molecule has 61 valence electrons. The molecule has 3 nitrogen and oxygen atoms in total. The Morgan fingerprint density at radius 1 is 1.30 bits per heavy atom. The van der Waals surface area contributed by atoms with Crippen molar-refractivity contribution in [2.24, 2.45) is 0 Å². The summed E-state index contributed by atoms with van der Waals surface area (Å²) in [5.41, 5.74) is 7.05. The van der Waals surface area contributed by atoms with Gasteiger partial charge in [0.05, 0.1) is 4.75 Å². The Kier molecular flexibility index (Phi) is 2.49. The molecule has 0 bridgehead atoms. The summed E-state index contributed by atoms with van der Waals surface area (Å²) in [6, 6.07) is 0. The molecule has 0 aliphatic heterocycles. The second-order valence-corrected chi connectivity index (χ2v) is 6.32. The Morgan fingerprint density at radius 3 is 1.60 bits per heavy atom.